The monoisotopic (exact) mass is 275 g/mol. The predicted octanol–water partition coefficient (Wildman–Crippen LogP) is 2.84. The molecule has 0 aliphatic carbocycles. The Bertz CT molecular complexity index is 659. The SMILES string of the molecule is COC(=O)COc1cccc2c(CCN=[N+]=[N-])coc12. The maximum atomic E-state index is 11.1. The highest BCUT2D eigenvalue weighted by Gasteiger charge is 2.11. The number of rotatable bonds is 6. The van der Waals surface area contributed by atoms with Gasteiger partial charge in [-0.1, -0.05) is 17.2 Å². The van der Waals surface area contributed by atoms with Crippen molar-refractivity contribution < 1.29 is 18.7 Å². The van der Waals surface area contributed by atoms with Gasteiger partial charge in [0.15, 0.2) is 17.9 Å². The van der Waals surface area contributed by atoms with Gasteiger partial charge in [0.2, 0.25) is 0 Å². The van der Waals surface area contributed by atoms with Gasteiger partial charge in [0, 0.05) is 16.8 Å². The lowest BCUT2D eigenvalue weighted by Gasteiger charge is -2.05. The van der Waals surface area contributed by atoms with Crippen molar-refractivity contribution in [3.63, 3.8) is 0 Å². The number of hydrogen-bond donors (Lipinski definition) is 0. The number of azide groups is 1. The van der Waals surface area contributed by atoms with E-state index in [1.54, 1.807) is 12.3 Å². The Morgan fingerprint density at radius 1 is 1.50 bits per heavy atom. The highest BCUT2D eigenvalue weighted by molar-refractivity contribution is 5.86. The number of esters is 1. The molecule has 0 N–H and O–H groups in total. The lowest BCUT2D eigenvalue weighted by atomic mass is 10.1. The zero-order valence-electron chi connectivity index (χ0n) is 10.9. The molecule has 7 heteroatoms. The number of carbonyl (C=O) groups is 1. The largest absolute Gasteiger partial charge is 0.478 e. The van der Waals surface area contributed by atoms with Crippen molar-refractivity contribution in [2.45, 2.75) is 6.42 Å². The summed E-state index contributed by atoms with van der Waals surface area (Å²) in [6, 6.07) is 5.41. The van der Waals surface area contributed by atoms with E-state index in [1.165, 1.54) is 7.11 Å². The van der Waals surface area contributed by atoms with Gasteiger partial charge in [-0.05, 0) is 23.6 Å². The van der Waals surface area contributed by atoms with E-state index in [1.807, 2.05) is 12.1 Å². The molecule has 0 unspecified atom stereocenters. The number of furan rings is 1. The first-order valence-corrected chi connectivity index (χ1v) is 5.96. The van der Waals surface area contributed by atoms with Crippen LogP contribution in [0.2, 0.25) is 0 Å². The molecule has 0 aliphatic heterocycles. The van der Waals surface area contributed by atoms with Crippen LogP contribution in [0.5, 0.6) is 5.75 Å². The van der Waals surface area contributed by atoms with Gasteiger partial charge in [-0.15, -0.1) is 0 Å². The van der Waals surface area contributed by atoms with Gasteiger partial charge in [0.1, 0.15) is 0 Å². The van der Waals surface area contributed by atoms with Crippen molar-refractivity contribution in [2.75, 3.05) is 20.3 Å². The van der Waals surface area contributed by atoms with Crippen molar-refractivity contribution in [1.29, 1.82) is 0 Å². The molecule has 0 saturated heterocycles. The maximum Gasteiger partial charge on any atom is 0.343 e. The number of para-hydroxylation sites is 1. The molecule has 0 saturated carbocycles. The van der Waals surface area contributed by atoms with Crippen LogP contribution in [-0.2, 0) is 16.0 Å². The highest BCUT2D eigenvalue weighted by Crippen LogP contribution is 2.30. The Balaban J connectivity index is 2.20. The number of methoxy groups -OCH3 is 1. The van der Waals surface area contributed by atoms with Crippen LogP contribution < -0.4 is 4.74 Å². The molecule has 0 atom stereocenters. The fourth-order valence-electron chi connectivity index (χ4n) is 1.80. The summed E-state index contributed by atoms with van der Waals surface area (Å²) in [5.41, 5.74) is 9.76. The van der Waals surface area contributed by atoms with Crippen LogP contribution in [0.15, 0.2) is 34.0 Å². The van der Waals surface area contributed by atoms with Crippen LogP contribution in [0.25, 0.3) is 21.4 Å². The first-order chi connectivity index (χ1) is 9.76. The van der Waals surface area contributed by atoms with E-state index < -0.39 is 5.97 Å². The van der Waals surface area contributed by atoms with Gasteiger partial charge in [0.25, 0.3) is 0 Å². The molecule has 0 amide bonds. The van der Waals surface area contributed by atoms with Gasteiger partial charge in [-0.3, -0.25) is 0 Å². The first-order valence-electron chi connectivity index (χ1n) is 5.96. The summed E-state index contributed by atoms with van der Waals surface area (Å²) in [5, 5.41) is 4.37. The summed E-state index contributed by atoms with van der Waals surface area (Å²) in [5.74, 6) is 0.0140. The Labute approximate surface area is 114 Å². The Hall–Kier alpha value is -2.66. The molecule has 7 nitrogen and oxygen atoms in total. The molecule has 1 heterocycles. The van der Waals surface area contributed by atoms with Gasteiger partial charge in [0.05, 0.1) is 13.4 Å². The van der Waals surface area contributed by atoms with Gasteiger partial charge in [-0.2, -0.15) is 0 Å². The van der Waals surface area contributed by atoms with Crippen molar-refractivity contribution in [3.05, 3.63) is 40.5 Å². The standard InChI is InChI=1S/C13H13N3O4/c1-18-12(17)8-19-11-4-2-3-10-9(5-6-15-16-14)7-20-13(10)11/h2-4,7H,5-6,8H2,1H3. The molecule has 20 heavy (non-hydrogen) atoms. The molecular formula is C13H13N3O4. The summed E-state index contributed by atoms with van der Waals surface area (Å²) in [6.45, 7) is 0.183. The van der Waals surface area contributed by atoms with Gasteiger partial charge in [-0.25, -0.2) is 4.79 Å². The van der Waals surface area contributed by atoms with Gasteiger partial charge >= 0.3 is 5.97 Å². The van der Waals surface area contributed by atoms with Crippen LogP contribution in [-0.4, -0.2) is 26.2 Å². The maximum absolute atomic E-state index is 11.1. The average molecular weight is 275 g/mol. The summed E-state index contributed by atoms with van der Waals surface area (Å²) in [4.78, 5) is 13.8. The highest BCUT2D eigenvalue weighted by atomic mass is 16.6. The van der Waals surface area contributed by atoms with E-state index in [-0.39, 0.29) is 6.61 Å². The van der Waals surface area contributed by atoms with Crippen molar-refractivity contribution in [1.82, 2.24) is 0 Å². The van der Waals surface area contributed by atoms with Crippen LogP contribution in [0.1, 0.15) is 5.56 Å². The first kappa shape index (κ1) is 13.8. The Morgan fingerprint density at radius 2 is 2.35 bits per heavy atom. The smallest absolute Gasteiger partial charge is 0.343 e. The molecule has 104 valence electrons. The van der Waals surface area contributed by atoms with Crippen LogP contribution in [0.3, 0.4) is 0 Å². The zero-order valence-corrected chi connectivity index (χ0v) is 10.9. The minimum absolute atomic E-state index is 0.176. The Kier molecular flexibility index (Phi) is 4.47. The molecular weight excluding hydrogens is 262 g/mol. The number of ether oxygens (including phenoxy) is 2. The third-order valence-electron chi connectivity index (χ3n) is 2.76. The van der Waals surface area contributed by atoms with Crippen molar-refractivity contribution in [2.24, 2.45) is 5.11 Å². The number of fused-ring (bicyclic) bond motifs is 1. The number of carbonyl (C=O) groups excluding carboxylic acids is 1. The molecule has 2 rings (SSSR count). The summed E-state index contributed by atoms with van der Waals surface area (Å²) in [6.07, 6.45) is 2.18. The third-order valence-corrected chi connectivity index (χ3v) is 2.76. The fourth-order valence-corrected chi connectivity index (χ4v) is 1.80. The zero-order chi connectivity index (χ0) is 14.4. The minimum atomic E-state index is -0.461. The van der Waals surface area contributed by atoms with E-state index in [9.17, 15) is 4.79 Å². The quantitative estimate of drug-likeness (QED) is 0.350. The lowest BCUT2D eigenvalue weighted by molar-refractivity contribution is -0.142. The van der Waals surface area contributed by atoms with Crippen molar-refractivity contribution in [3.8, 4) is 5.75 Å². The molecule has 0 bridgehead atoms. The average Bonchev–Trinajstić information content (AvgIpc) is 2.89. The van der Waals surface area contributed by atoms with Gasteiger partial charge < -0.3 is 13.9 Å². The predicted molar refractivity (Wildman–Crippen MR) is 71.4 cm³/mol. The van der Waals surface area contributed by atoms with E-state index in [0.29, 0.717) is 24.3 Å². The summed E-state index contributed by atoms with van der Waals surface area (Å²) in [7, 11) is 1.30. The Morgan fingerprint density at radius 3 is 3.10 bits per heavy atom. The molecule has 0 fully saturated rings. The van der Waals surface area contributed by atoms with E-state index >= 15 is 0 Å². The topological polar surface area (TPSA) is 97.4 Å². The van der Waals surface area contributed by atoms with E-state index in [0.717, 1.165) is 10.9 Å². The van der Waals surface area contributed by atoms with Crippen molar-refractivity contribution >= 4 is 16.9 Å². The van der Waals surface area contributed by atoms with E-state index in [4.69, 9.17) is 14.7 Å². The lowest BCUT2D eigenvalue weighted by Crippen LogP contribution is -2.12. The number of benzene rings is 1. The third kappa shape index (κ3) is 3.02. The molecule has 0 aliphatic rings. The second-order valence-electron chi connectivity index (χ2n) is 3.96. The van der Waals surface area contributed by atoms with Crippen LogP contribution in [0, 0.1) is 0 Å². The molecule has 1 aromatic heterocycles. The number of hydrogen-bond acceptors (Lipinski definition) is 5. The molecule has 2 aromatic rings. The molecule has 0 radical (unpaired) electrons. The number of nitrogens with zero attached hydrogens (tertiary/aromatic N) is 3. The second-order valence-corrected chi connectivity index (χ2v) is 3.96. The van der Waals surface area contributed by atoms with E-state index in [2.05, 4.69) is 14.8 Å². The molecule has 0 spiro atoms. The minimum Gasteiger partial charge on any atom is -0.478 e. The fraction of sp³-hybridized carbons (Fsp3) is 0.308. The van der Waals surface area contributed by atoms with Crippen LogP contribution in [0.4, 0.5) is 0 Å². The van der Waals surface area contributed by atoms with Crippen LogP contribution >= 0.6 is 0 Å². The normalized spacial score (nSPS) is 10.1. The second kappa shape index (κ2) is 6.49. The summed E-state index contributed by atoms with van der Waals surface area (Å²) >= 11 is 0. The molecule has 1 aromatic carbocycles. The summed E-state index contributed by atoms with van der Waals surface area (Å²) < 4.78 is 15.3.